The van der Waals surface area contributed by atoms with E-state index in [1.807, 2.05) is 17.2 Å². The number of aromatic amines is 1. The van der Waals surface area contributed by atoms with Crippen LogP contribution in [0.1, 0.15) is 24.8 Å². The van der Waals surface area contributed by atoms with Crippen LogP contribution in [0.3, 0.4) is 0 Å². The zero-order chi connectivity index (χ0) is 19.8. The number of nitrogens with zero attached hydrogens (tertiary/aromatic N) is 2. The van der Waals surface area contributed by atoms with Crippen LogP contribution in [0.2, 0.25) is 0 Å². The van der Waals surface area contributed by atoms with E-state index in [9.17, 15) is 4.79 Å². The highest BCUT2D eigenvalue weighted by molar-refractivity contribution is 5.94. The average molecular weight is 382 g/mol. The number of rotatable bonds is 4. The van der Waals surface area contributed by atoms with Crippen molar-refractivity contribution in [1.29, 1.82) is 0 Å². The Balaban J connectivity index is 1.30. The molecule has 2 aromatic carbocycles. The molecule has 3 heterocycles. The van der Waals surface area contributed by atoms with Crippen LogP contribution in [0.15, 0.2) is 79.3 Å². The molecule has 1 atom stereocenters. The van der Waals surface area contributed by atoms with Gasteiger partial charge in [0, 0.05) is 55.3 Å². The first-order chi connectivity index (χ1) is 14.2. The normalized spacial score (nSPS) is 15.6. The first kappa shape index (κ1) is 17.7. The van der Waals surface area contributed by atoms with Crippen molar-refractivity contribution in [1.82, 2.24) is 4.98 Å². The molecule has 4 heteroatoms. The van der Waals surface area contributed by atoms with Gasteiger partial charge in [0.05, 0.1) is 0 Å². The summed E-state index contributed by atoms with van der Waals surface area (Å²) in [7, 11) is 0. The maximum absolute atomic E-state index is 12.0. The maximum Gasteiger partial charge on any atom is 0.223 e. The molecule has 1 N–H and O–H groups in total. The van der Waals surface area contributed by atoms with Crippen molar-refractivity contribution in [2.45, 2.75) is 25.8 Å². The van der Waals surface area contributed by atoms with Gasteiger partial charge in [0.25, 0.3) is 0 Å². The molecule has 0 saturated carbocycles. The van der Waals surface area contributed by atoms with Crippen LogP contribution in [-0.2, 0) is 11.3 Å². The summed E-state index contributed by atoms with van der Waals surface area (Å²) < 4.78 is 2.23. The molecule has 0 aliphatic carbocycles. The van der Waals surface area contributed by atoms with Gasteiger partial charge in [-0.05, 0) is 46.3 Å². The number of para-hydroxylation sites is 1. The van der Waals surface area contributed by atoms with Gasteiger partial charge >= 0.3 is 0 Å². The second-order valence-corrected chi connectivity index (χ2v) is 7.78. The lowest BCUT2D eigenvalue weighted by Gasteiger charge is -2.14. The Labute approximate surface area is 170 Å². The maximum atomic E-state index is 12.0. The van der Waals surface area contributed by atoms with Gasteiger partial charge in [-0.3, -0.25) is 4.79 Å². The fourth-order valence-electron chi connectivity index (χ4n) is 4.38. The van der Waals surface area contributed by atoms with Crippen molar-refractivity contribution >= 4 is 22.5 Å². The quantitative estimate of drug-likeness (QED) is 0.512. The number of carbonyl (C=O) groups is 1. The van der Waals surface area contributed by atoms with E-state index in [1.165, 1.54) is 22.1 Å². The Bertz CT molecular complexity index is 1180. The molecule has 4 nitrogen and oxygen atoms in total. The fourth-order valence-corrected chi connectivity index (χ4v) is 4.38. The number of amides is 1. The highest BCUT2D eigenvalue weighted by Crippen LogP contribution is 2.37. The molecule has 144 valence electrons. The van der Waals surface area contributed by atoms with E-state index in [4.69, 9.17) is 0 Å². The number of aromatic nitrogens is 2. The van der Waals surface area contributed by atoms with E-state index >= 15 is 0 Å². The number of H-pyrrole nitrogens is 1. The van der Waals surface area contributed by atoms with Crippen molar-refractivity contribution in [3.05, 3.63) is 84.8 Å². The summed E-state index contributed by atoms with van der Waals surface area (Å²) >= 11 is 0. The van der Waals surface area contributed by atoms with Crippen LogP contribution in [0, 0.1) is 0 Å². The van der Waals surface area contributed by atoms with Crippen LogP contribution in [0.4, 0.5) is 5.69 Å². The second-order valence-electron chi connectivity index (χ2n) is 7.78. The van der Waals surface area contributed by atoms with Gasteiger partial charge in [-0.25, -0.2) is 4.57 Å². The van der Waals surface area contributed by atoms with Crippen molar-refractivity contribution in [3.8, 4) is 11.1 Å². The predicted molar refractivity (Wildman–Crippen MR) is 116 cm³/mol. The number of fused-ring (bicyclic) bond motifs is 2. The number of pyridine rings is 1. The lowest BCUT2D eigenvalue weighted by Crippen LogP contribution is -2.34. The summed E-state index contributed by atoms with van der Waals surface area (Å²) in [4.78, 5) is 17.1. The van der Waals surface area contributed by atoms with Gasteiger partial charge in [-0.1, -0.05) is 24.3 Å². The molecule has 0 saturated heterocycles. The summed E-state index contributed by atoms with van der Waals surface area (Å²) in [6, 6.07) is 21.3. The number of hydrogen-bond donors (Lipinski definition) is 1. The topological polar surface area (TPSA) is 40.0 Å². The molecule has 0 spiro atoms. The molecular formula is C25H24N3O+. The Kier molecular flexibility index (Phi) is 4.39. The van der Waals surface area contributed by atoms with E-state index in [2.05, 4.69) is 76.5 Å². The molecule has 0 bridgehead atoms. The van der Waals surface area contributed by atoms with E-state index in [-0.39, 0.29) is 5.91 Å². The van der Waals surface area contributed by atoms with Crippen molar-refractivity contribution < 1.29 is 9.36 Å². The summed E-state index contributed by atoms with van der Waals surface area (Å²) in [6.07, 6.45) is 7.29. The van der Waals surface area contributed by atoms with Gasteiger partial charge in [0.15, 0.2) is 12.4 Å². The second kappa shape index (κ2) is 7.21. The van der Waals surface area contributed by atoms with E-state index < -0.39 is 0 Å². The van der Waals surface area contributed by atoms with E-state index in [1.54, 1.807) is 6.92 Å². The minimum atomic E-state index is 0.122. The number of aryl methyl sites for hydroxylation is 1. The Morgan fingerprint density at radius 2 is 1.90 bits per heavy atom. The molecule has 0 fully saturated rings. The molecule has 2 aromatic heterocycles. The molecule has 5 rings (SSSR count). The lowest BCUT2D eigenvalue weighted by atomic mass is 9.98. The number of carbonyl (C=O) groups excluding carboxylic acids is 1. The minimum Gasteiger partial charge on any atom is -0.361 e. The van der Waals surface area contributed by atoms with Gasteiger partial charge in [0.1, 0.15) is 6.54 Å². The molecular weight excluding hydrogens is 358 g/mol. The zero-order valence-electron chi connectivity index (χ0n) is 16.5. The number of hydrogen-bond acceptors (Lipinski definition) is 1. The van der Waals surface area contributed by atoms with E-state index in [0.717, 1.165) is 30.7 Å². The summed E-state index contributed by atoms with van der Waals surface area (Å²) in [6.45, 7) is 3.36. The van der Waals surface area contributed by atoms with E-state index in [0.29, 0.717) is 5.92 Å². The molecule has 0 radical (unpaired) electrons. The monoisotopic (exact) mass is 382 g/mol. The van der Waals surface area contributed by atoms with Crippen LogP contribution < -0.4 is 9.47 Å². The van der Waals surface area contributed by atoms with Gasteiger partial charge in [-0.2, -0.15) is 0 Å². The SMILES string of the molecule is CC(=O)N1CC(CC[n+]2ccc(-c3ccc4[nH]ccc4c3)cc2)c2ccccc21. The third-order valence-electron chi connectivity index (χ3n) is 5.96. The first-order valence-corrected chi connectivity index (χ1v) is 10.1. The average Bonchev–Trinajstić information content (AvgIpc) is 3.37. The summed E-state index contributed by atoms with van der Waals surface area (Å²) in [5.74, 6) is 0.509. The summed E-state index contributed by atoms with van der Waals surface area (Å²) in [5.41, 5.74) is 5.98. The van der Waals surface area contributed by atoms with Crippen LogP contribution in [-0.4, -0.2) is 17.4 Å². The Hall–Kier alpha value is -3.40. The minimum absolute atomic E-state index is 0.122. The van der Waals surface area contributed by atoms with Crippen LogP contribution in [0.5, 0.6) is 0 Å². The summed E-state index contributed by atoms with van der Waals surface area (Å²) in [5, 5.41) is 1.23. The number of benzene rings is 2. The fraction of sp³-hybridized carbons (Fsp3) is 0.200. The molecule has 29 heavy (non-hydrogen) atoms. The first-order valence-electron chi connectivity index (χ1n) is 10.1. The predicted octanol–water partition coefficient (Wildman–Crippen LogP) is 4.66. The van der Waals surface area contributed by atoms with Gasteiger partial charge in [0.2, 0.25) is 5.91 Å². The van der Waals surface area contributed by atoms with Crippen LogP contribution in [0.25, 0.3) is 22.0 Å². The van der Waals surface area contributed by atoms with Crippen molar-refractivity contribution in [2.75, 3.05) is 11.4 Å². The molecule has 1 amide bonds. The van der Waals surface area contributed by atoms with Crippen molar-refractivity contribution in [3.63, 3.8) is 0 Å². The number of nitrogens with one attached hydrogen (secondary N) is 1. The van der Waals surface area contributed by atoms with Gasteiger partial charge in [-0.15, -0.1) is 0 Å². The Morgan fingerprint density at radius 1 is 1.07 bits per heavy atom. The smallest absolute Gasteiger partial charge is 0.223 e. The highest BCUT2D eigenvalue weighted by Gasteiger charge is 2.30. The third kappa shape index (κ3) is 3.31. The van der Waals surface area contributed by atoms with Crippen molar-refractivity contribution in [2.24, 2.45) is 0 Å². The van der Waals surface area contributed by atoms with Crippen LogP contribution >= 0.6 is 0 Å². The molecule has 1 unspecified atom stereocenters. The third-order valence-corrected chi connectivity index (χ3v) is 5.96. The molecule has 1 aliphatic heterocycles. The molecule has 4 aromatic rings. The largest absolute Gasteiger partial charge is 0.361 e. The standard InChI is InChI=1S/C25H23N3O/c1-18(29)28-17-22(23-4-2-3-5-25(23)28)11-15-27-13-9-19(10-14-27)20-6-7-24-21(16-20)8-12-26-24/h2-10,12-14,16,22H,11,15,17H2,1H3/p+1. The molecule has 1 aliphatic rings. The highest BCUT2D eigenvalue weighted by atomic mass is 16.2. The lowest BCUT2D eigenvalue weighted by molar-refractivity contribution is -0.697. The number of anilines is 1. The zero-order valence-corrected chi connectivity index (χ0v) is 16.5. The Morgan fingerprint density at radius 3 is 2.72 bits per heavy atom. The van der Waals surface area contributed by atoms with Gasteiger partial charge < -0.3 is 9.88 Å².